The molecule has 0 fully saturated rings. The minimum atomic E-state index is 0.806. The van der Waals surface area contributed by atoms with Gasteiger partial charge in [0.15, 0.2) is 5.58 Å². The molecule has 3 heterocycles. The Morgan fingerprint density at radius 3 is 1.68 bits per heavy atom. The molecule has 290 valence electrons. The summed E-state index contributed by atoms with van der Waals surface area (Å²) in [7, 11) is 0. The molecule has 4 nitrogen and oxygen atoms in total. The normalized spacial score (nSPS) is 11.9. The molecule has 10 aromatic carbocycles. The van der Waals surface area contributed by atoms with E-state index < -0.39 is 0 Å². The van der Waals surface area contributed by atoms with Crippen LogP contribution in [0.3, 0.4) is 0 Å². The Morgan fingerprint density at radius 2 is 0.887 bits per heavy atom. The fourth-order valence-corrected chi connectivity index (χ4v) is 9.60. The summed E-state index contributed by atoms with van der Waals surface area (Å²) in [6, 6.07) is 74.9. The number of furan rings is 3. The number of nitrogens with zero attached hydrogens (tertiary/aromatic N) is 1. The predicted molar refractivity (Wildman–Crippen MR) is 257 cm³/mol. The lowest BCUT2D eigenvalue weighted by Gasteiger charge is -2.29. The maximum absolute atomic E-state index is 6.94. The van der Waals surface area contributed by atoms with Crippen molar-refractivity contribution in [3.8, 4) is 33.4 Å². The molecule has 0 radical (unpaired) electrons. The van der Waals surface area contributed by atoms with Crippen molar-refractivity contribution in [2.45, 2.75) is 0 Å². The number of anilines is 3. The zero-order chi connectivity index (χ0) is 40.7. The van der Waals surface area contributed by atoms with E-state index in [-0.39, 0.29) is 0 Å². The first kappa shape index (κ1) is 34.5. The highest BCUT2D eigenvalue weighted by atomic mass is 16.3. The first-order valence-corrected chi connectivity index (χ1v) is 21.0. The van der Waals surface area contributed by atoms with E-state index in [2.05, 4.69) is 193 Å². The maximum Gasteiger partial charge on any atom is 0.159 e. The van der Waals surface area contributed by atoms with Crippen molar-refractivity contribution < 1.29 is 13.3 Å². The highest BCUT2D eigenvalue weighted by Gasteiger charge is 2.27. The van der Waals surface area contributed by atoms with Gasteiger partial charge >= 0.3 is 0 Å². The van der Waals surface area contributed by atoms with Gasteiger partial charge in [-0.1, -0.05) is 158 Å². The van der Waals surface area contributed by atoms with Crippen molar-refractivity contribution in [1.82, 2.24) is 0 Å². The smallest absolute Gasteiger partial charge is 0.159 e. The number of hydrogen-bond acceptors (Lipinski definition) is 4. The van der Waals surface area contributed by atoms with Crippen LogP contribution in [0.25, 0.3) is 110 Å². The minimum absolute atomic E-state index is 0.806. The number of fused-ring (bicyclic) bond motifs is 11. The molecule has 0 aliphatic rings. The molecule has 0 unspecified atom stereocenters. The molecule has 0 bridgehead atoms. The molecule has 62 heavy (non-hydrogen) atoms. The molecule has 3 aromatic heterocycles. The van der Waals surface area contributed by atoms with E-state index in [1.807, 2.05) is 24.3 Å². The van der Waals surface area contributed by atoms with Crippen LogP contribution in [-0.2, 0) is 0 Å². The second-order valence-electron chi connectivity index (χ2n) is 16.0. The van der Waals surface area contributed by atoms with E-state index in [0.29, 0.717) is 0 Å². The van der Waals surface area contributed by atoms with E-state index in [4.69, 9.17) is 13.3 Å². The first-order chi connectivity index (χ1) is 30.7. The summed E-state index contributed by atoms with van der Waals surface area (Å²) in [6.07, 6.45) is 0. The summed E-state index contributed by atoms with van der Waals surface area (Å²) in [6.45, 7) is 0. The standard InChI is InChI=1S/C58H35NO3/c1-2-13-36(14-3-1)37-27-30-41(31-28-37)59(50-24-12-23-48-46-20-7-9-26-52(46)61-58(48)50)55-42(33-34-53-54(55)49-32-29-38-15-4-5-18-43(38)57(49)62-53)39-16-10-17-40(35-39)44-21-11-22-47-45-19-6-8-25-51(45)60-56(44)47/h1-35H. The average Bonchev–Trinajstić information content (AvgIpc) is 4.04. The second kappa shape index (κ2) is 13.6. The zero-order valence-corrected chi connectivity index (χ0v) is 33.4. The molecule has 0 aliphatic heterocycles. The van der Waals surface area contributed by atoms with Gasteiger partial charge in [0.25, 0.3) is 0 Å². The van der Waals surface area contributed by atoms with Gasteiger partial charge < -0.3 is 18.2 Å². The summed E-state index contributed by atoms with van der Waals surface area (Å²) in [5.41, 5.74) is 14.5. The van der Waals surface area contributed by atoms with Crippen molar-refractivity contribution >= 4 is 93.7 Å². The molecule has 0 saturated heterocycles. The van der Waals surface area contributed by atoms with Gasteiger partial charge in [0.1, 0.15) is 27.9 Å². The fourth-order valence-electron chi connectivity index (χ4n) is 9.60. The molecule has 4 heteroatoms. The van der Waals surface area contributed by atoms with E-state index in [1.165, 1.54) is 0 Å². The molecule has 13 rings (SSSR count). The molecule has 0 aliphatic carbocycles. The van der Waals surface area contributed by atoms with Gasteiger partial charge in [0.2, 0.25) is 0 Å². The monoisotopic (exact) mass is 793 g/mol. The quantitative estimate of drug-likeness (QED) is 0.168. The van der Waals surface area contributed by atoms with Gasteiger partial charge in [0.05, 0.1) is 16.8 Å². The Bertz CT molecular complexity index is 3870. The number of hydrogen-bond donors (Lipinski definition) is 0. The van der Waals surface area contributed by atoms with E-state index in [0.717, 1.165) is 127 Å². The van der Waals surface area contributed by atoms with Crippen LogP contribution in [0.5, 0.6) is 0 Å². The van der Waals surface area contributed by atoms with Crippen LogP contribution in [0.4, 0.5) is 17.1 Å². The number of benzene rings is 10. The van der Waals surface area contributed by atoms with Crippen LogP contribution in [0.1, 0.15) is 0 Å². The Kier molecular flexibility index (Phi) is 7.57. The van der Waals surface area contributed by atoms with Gasteiger partial charge in [0, 0.05) is 49.1 Å². The number of para-hydroxylation sites is 4. The zero-order valence-electron chi connectivity index (χ0n) is 33.4. The van der Waals surface area contributed by atoms with Gasteiger partial charge in [-0.3, -0.25) is 0 Å². The Balaban J connectivity index is 1.12. The molecule has 0 saturated carbocycles. The molecular weight excluding hydrogens is 759 g/mol. The summed E-state index contributed by atoms with van der Waals surface area (Å²) >= 11 is 0. The van der Waals surface area contributed by atoms with E-state index >= 15 is 0 Å². The van der Waals surface area contributed by atoms with Crippen LogP contribution in [0.15, 0.2) is 226 Å². The van der Waals surface area contributed by atoms with Gasteiger partial charge in [-0.25, -0.2) is 0 Å². The summed E-state index contributed by atoms with van der Waals surface area (Å²) in [5.74, 6) is 0. The molecule has 0 spiro atoms. The summed E-state index contributed by atoms with van der Waals surface area (Å²) in [5, 5.41) is 8.63. The van der Waals surface area contributed by atoms with Crippen LogP contribution < -0.4 is 4.90 Å². The van der Waals surface area contributed by atoms with Gasteiger partial charge in [-0.2, -0.15) is 0 Å². The van der Waals surface area contributed by atoms with Crippen molar-refractivity contribution in [1.29, 1.82) is 0 Å². The summed E-state index contributed by atoms with van der Waals surface area (Å²) in [4.78, 5) is 2.38. The SMILES string of the molecule is c1ccc(-c2ccc(N(c3cccc4c3oc3ccccc34)c3c(-c4cccc(-c5cccc6c5oc5ccccc56)c4)ccc4oc5c6ccccc6ccc5c34)cc2)cc1. The largest absolute Gasteiger partial charge is 0.455 e. The highest BCUT2D eigenvalue weighted by molar-refractivity contribution is 6.23. The highest BCUT2D eigenvalue weighted by Crippen LogP contribution is 2.51. The topological polar surface area (TPSA) is 42.7 Å². The third kappa shape index (κ3) is 5.27. The average molecular weight is 794 g/mol. The van der Waals surface area contributed by atoms with Crippen LogP contribution >= 0.6 is 0 Å². The molecule has 0 atom stereocenters. The summed E-state index contributed by atoms with van der Waals surface area (Å²) < 4.78 is 20.4. The fraction of sp³-hybridized carbons (Fsp3) is 0. The minimum Gasteiger partial charge on any atom is -0.455 e. The lowest BCUT2D eigenvalue weighted by Crippen LogP contribution is -2.12. The lowest BCUT2D eigenvalue weighted by atomic mass is 9.94. The second-order valence-corrected chi connectivity index (χ2v) is 16.0. The lowest BCUT2D eigenvalue weighted by molar-refractivity contribution is 0.669. The Hall–Kier alpha value is -8.34. The van der Waals surface area contributed by atoms with Crippen LogP contribution in [0.2, 0.25) is 0 Å². The van der Waals surface area contributed by atoms with Crippen LogP contribution in [0, 0.1) is 0 Å². The van der Waals surface area contributed by atoms with Crippen molar-refractivity contribution in [2.24, 2.45) is 0 Å². The van der Waals surface area contributed by atoms with Crippen molar-refractivity contribution in [3.05, 3.63) is 212 Å². The van der Waals surface area contributed by atoms with Gasteiger partial charge in [-0.15, -0.1) is 0 Å². The van der Waals surface area contributed by atoms with E-state index in [1.54, 1.807) is 0 Å². The van der Waals surface area contributed by atoms with E-state index in [9.17, 15) is 0 Å². The third-order valence-corrected chi connectivity index (χ3v) is 12.5. The molecular formula is C58H35NO3. The van der Waals surface area contributed by atoms with Crippen molar-refractivity contribution in [3.63, 3.8) is 0 Å². The Labute approximate surface area is 356 Å². The molecule has 0 amide bonds. The maximum atomic E-state index is 6.94. The third-order valence-electron chi connectivity index (χ3n) is 12.5. The predicted octanol–water partition coefficient (Wildman–Crippen LogP) is 17.0. The number of rotatable bonds is 6. The van der Waals surface area contributed by atoms with Gasteiger partial charge in [-0.05, 0) is 82.2 Å². The first-order valence-electron chi connectivity index (χ1n) is 21.0. The molecule has 13 aromatic rings. The Morgan fingerprint density at radius 1 is 0.306 bits per heavy atom. The van der Waals surface area contributed by atoms with Crippen molar-refractivity contribution in [2.75, 3.05) is 4.90 Å². The van der Waals surface area contributed by atoms with Crippen LogP contribution in [-0.4, -0.2) is 0 Å². The molecule has 0 N–H and O–H groups in total.